The average molecular weight is 256 g/mol. The monoisotopic (exact) mass is 256 g/mol. The lowest BCUT2D eigenvalue weighted by Crippen LogP contribution is -2.10. The predicted molar refractivity (Wildman–Crippen MR) is 59.7 cm³/mol. The molecule has 1 aromatic carbocycles. The molecule has 0 saturated heterocycles. The molecule has 18 heavy (non-hydrogen) atoms. The summed E-state index contributed by atoms with van der Waals surface area (Å²) in [5.74, 6) is 0.439. The number of hydrogen-bond donors (Lipinski definition) is 0. The van der Waals surface area contributed by atoms with Gasteiger partial charge in [-0.05, 0) is 19.1 Å². The highest BCUT2D eigenvalue weighted by Crippen LogP contribution is 2.33. The number of rotatable bonds is 3. The zero-order valence-electron chi connectivity index (χ0n) is 9.61. The van der Waals surface area contributed by atoms with Crippen LogP contribution in [0.25, 0.3) is 5.69 Å². The Balaban J connectivity index is 2.43. The second-order valence-corrected chi connectivity index (χ2v) is 3.57. The summed E-state index contributed by atoms with van der Waals surface area (Å²) in [5, 5.41) is 3.87. The van der Waals surface area contributed by atoms with Gasteiger partial charge in [0.2, 0.25) is 0 Å². The van der Waals surface area contributed by atoms with Crippen molar-refractivity contribution >= 4 is 0 Å². The van der Waals surface area contributed by atoms with Gasteiger partial charge in [-0.15, -0.1) is 0 Å². The third-order valence-electron chi connectivity index (χ3n) is 2.33. The molecule has 0 radical (unpaired) electrons. The van der Waals surface area contributed by atoms with Crippen molar-refractivity contribution in [2.45, 2.75) is 13.1 Å². The number of hydrogen-bond acceptors (Lipinski definition) is 2. The van der Waals surface area contributed by atoms with Gasteiger partial charge in [-0.25, -0.2) is 4.68 Å². The summed E-state index contributed by atoms with van der Waals surface area (Å²) in [6, 6.07) is 5.27. The molecule has 0 aliphatic heterocycles. The molecule has 0 aliphatic carbocycles. The molecule has 1 aromatic heterocycles. The van der Waals surface area contributed by atoms with E-state index in [1.54, 1.807) is 6.92 Å². The molecule has 2 rings (SSSR count). The molecule has 6 heteroatoms. The molecule has 0 bridgehead atoms. The maximum atomic E-state index is 12.8. The lowest BCUT2D eigenvalue weighted by molar-refractivity contribution is -0.137. The minimum atomic E-state index is -4.41. The summed E-state index contributed by atoms with van der Waals surface area (Å²) in [5.41, 5.74) is -0.743. The van der Waals surface area contributed by atoms with Crippen LogP contribution in [0.1, 0.15) is 12.5 Å². The van der Waals surface area contributed by atoms with Crippen LogP contribution >= 0.6 is 0 Å². The van der Waals surface area contributed by atoms with Gasteiger partial charge in [-0.2, -0.15) is 18.3 Å². The van der Waals surface area contributed by atoms with Gasteiger partial charge >= 0.3 is 6.18 Å². The van der Waals surface area contributed by atoms with E-state index in [1.165, 1.54) is 30.6 Å². The highest BCUT2D eigenvalue weighted by molar-refractivity contribution is 5.42. The molecule has 0 fully saturated rings. The fraction of sp³-hybridized carbons (Fsp3) is 0.250. The number of alkyl halides is 3. The van der Waals surface area contributed by atoms with Crippen molar-refractivity contribution in [3.05, 3.63) is 42.2 Å². The minimum absolute atomic E-state index is 0.0176. The number of nitrogens with zero attached hydrogens (tertiary/aromatic N) is 2. The Labute approximate surface area is 102 Å². The second kappa shape index (κ2) is 4.72. The number of para-hydroxylation sites is 1. The SMILES string of the molecule is CCOc1cnn(-c2ccccc2C(F)(F)F)c1. The summed E-state index contributed by atoms with van der Waals surface area (Å²) < 4.78 is 44.8. The lowest BCUT2D eigenvalue weighted by Gasteiger charge is -2.12. The first-order valence-corrected chi connectivity index (χ1v) is 5.36. The van der Waals surface area contributed by atoms with Gasteiger partial charge in [0.05, 0.1) is 30.3 Å². The second-order valence-electron chi connectivity index (χ2n) is 3.57. The van der Waals surface area contributed by atoms with Gasteiger partial charge in [-0.1, -0.05) is 12.1 Å². The van der Waals surface area contributed by atoms with E-state index in [0.717, 1.165) is 10.7 Å². The van der Waals surface area contributed by atoms with E-state index in [4.69, 9.17) is 4.74 Å². The third kappa shape index (κ3) is 2.47. The Morgan fingerprint density at radius 3 is 2.67 bits per heavy atom. The largest absolute Gasteiger partial charge is 0.491 e. The Kier molecular flexibility index (Phi) is 3.27. The van der Waals surface area contributed by atoms with Gasteiger partial charge in [0.25, 0.3) is 0 Å². The summed E-state index contributed by atoms with van der Waals surface area (Å²) in [6.45, 7) is 2.23. The molecule has 0 saturated carbocycles. The van der Waals surface area contributed by atoms with Gasteiger partial charge < -0.3 is 4.74 Å². The van der Waals surface area contributed by atoms with Crippen molar-refractivity contribution in [3.63, 3.8) is 0 Å². The van der Waals surface area contributed by atoms with Crippen LogP contribution in [0.2, 0.25) is 0 Å². The number of halogens is 3. The fourth-order valence-electron chi connectivity index (χ4n) is 1.59. The van der Waals surface area contributed by atoms with E-state index < -0.39 is 11.7 Å². The summed E-state index contributed by atoms with van der Waals surface area (Å²) in [7, 11) is 0. The van der Waals surface area contributed by atoms with E-state index in [1.807, 2.05) is 0 Å². The Morgan fingerprint density at radius 1 is 1.28 bits per heavy atom. The van der Waals surface area contributed by atoms with E-state index >= 15 is 0 Å². The van der Waals surface area contributed by atoms with E-state index in [0.29, 0.717) is 12.4 Å². The van der Waals surface area contributed by atoms with Crippen molar-refractivity contribution in [1.82, 2.24) is 9.78 Å². The first-order valence-electron chi connectivity index (χ1n) is 5.36. The maximum Gasteiger partial charge on any atom is 0.418 e. The fourth-order valence-corrected chi connectivity index (χ4v) is 1.59. The third-order valence-corrected chi connectivity index (χ3v) is 2.33. The molecule has 0 unspecified atom stereocenters. The van der Waals surface area contributed by atoms with Crippen molar-refractivity contribution in [1.29, 1.82) is 0 Å². The Bertz CT molecular complexity index is 534. The Hall–Kier alpha value is -1.98. The highest BCUT2D eigenvalue weighted by Gasteiger charge is 2.33. The quantitative estimate of drug-likeness (QED) is 0.842. The zero-order valence-corrected chi connectivity index (χ0v) is 9.61. The first kappa shape index (κ1) is 12.5. The topological polar surface area (TPSA) is 27.1 Å². The molecule has 96 valence electrons. The van der Waals surface area contributed by atoms with E-state index in [9.17, 15) is 13.2 Å². The molecular weight excluding hydrogens is 245 g/mol. The molecular formula is C12H11F3N2O. The van der Waals surface area contributed by atoms with E-state index in [2.05, 4.69) is 5.10 Å². The molecule has 0 aliphatic rings. The molecule has 0 N–H and O–H groups in total. The van der Waals surface area contributed by atoms with Gasteiger partial charge in [0.1, 0.15) is 0 Å². The minimum Gasteiger partial charge on any atom is -0.491 e. The van der Waals surface area contributed by atoms with Crippen molar-refractivity contribution in [3.8, 4) is 11.4 Å². The molecule has 0 atom stereocenters. The van der Waals surface area contributed by atoms with Crippen LogP contribution in [0.3, 0.4) is 0 Å². The first-order chi connectivity index (χ1) is 8.52. The molecule has 0 amide bonds. The summed E-state index contributed by atoms with van der Waals surface area (Å²) >= 11 is 0. The van der Waals surface area contributed by atoms with Crippen LogP contribution in [0.4, 0.5) is 13.2 Å². The average Bonchev–Trinajstić information content (AvgIpc) is 2.77. The smallest absolute Gasteiger partial charge is 0.418 e. The number of ether oxygens (including phenoxy) is 1. The summed E-state index contributed by atoms with van der Waals surface area (Å²) in [6.07, 6.45) is -1.60. The van der Waals surface area contributed by atoms with Crippen molar-refractivity contribution in [2.75, 3.05) is 6.61 Å². The highest BCUT2D eigenvalue weighted by atomic mass is 19.4. The molecule has 0 spiro atoms. The number of aromatic nitrogens is 2. The molecule has 1 heterocycles. The van der Waals surface area contributed by atoms with Gasteiger partial charge in [0.15, 0.2) is 5.75 Å². The van der Waals surface area contributed by atoms with Gasteiger partial charge in [-0.3, -0.25) is 0 Å². The maximum absolute atomic E-state index is 12.8. The van der Waals surface area contributed by atoms with Crippen LogP contribution in [0.15, 0.2) is 36.7 Å². The molecule has 2 aromatic rings. The lowest BCUT2D eigenvalue weighted by atomic mass is 10.2. The van der Waals surface area contributed by atoms with Crippen molar-refractivity contribution < 1.29 is 17.9 Å². The van der Waals surface area contributed by atoms with Crippen LogP contribution < -0.4 is 4.74 Å². The normalized spacial score (nSPS) is 11.6. The summed E-state index contributed by atoms with van der Waals surface area (Å²) in [4.78, 5) is 0. The standard InChI is InChI=1S/C12H11F3N2O/c1-2-18-9-7-16-17(8-9)11-6-4-3-5-10(11)12(13,14)15/h3-8H,2H2,1H3. The van der Waals surface area contributed by atoms with Crippen LogP contribution in [-0.2, 0) is 6.18 Å². The molecule has 3 nitrogen and oxygen atoms in total. The van der Waals surface area contributed by atoms with Crippen LogP contribution in [-0.4, -0.2) is 16.4 Å². The Morgan fingerprint density at radius 2 is 2.00 bits per heavy atom. The van der Waals surface area contributed by atoms with Crippen molar-refractivity contribution in [2.24, 2.45) is 0 Å². The van der Waals surface area contributed by atoms with Crippen LogP contribution in [0.5, 0.6) is 5.75 Å². The predicted octanol–water partition coefficient (Wildman–Crippen LogP) is 3.29. The van der Waals surface area contributed by atoms with Crippen LogP contribution in [0, 0.1) is 0 Å². The van der Waals surface area contributed by atoms with Gasteiger partial charge in [0, 0.05) is 0 Å². The zero-order chi connectivity index (χ0) is 13.2. The van der Waals surface area contributed by atoms with E-state index in [-0.39, 0.29) is 5.69 Å². The number of benzene rings is 1.